The van der Waals surface area contributed by atoms with Crippen molar-refractivity contribution in [1.29, 1.82) is 0 Å². The van der Waals surface area contributed by atoms with Crippen LogP contribution in [0.1, 0.15) is 368 Å². The minimum absolute atomic E-state index is 0.0628. The van der Waals surface area contributed by atoms with E-state index in [-0.39, 0.29) is 30.8 Å². The molecule has 2 atom stereocenters. The minimum atomic E-state index is -0.870. The van der Waals surface area contributed by atoms with Crippen molar-refractivity contribution in [3.05, 3.63) is 0 Å². The van der Waals surface area contributed by atoms with E-state index in [2.05, 4.69) is 27.7 Å². The number of hydrogen-bond acceptors (Lipinski definition) is 4. The van der Waals surface area contributed by atoms with E-state index in [9.17, 15) is 14.4 Å². The Bertz CT molecular complexity index is 982. The van der Waals surface area contributed by atoms with E-state index >= 15 is 0 Å². The number of unbranched alkanes of at least 4 members (excludes halogenated alkanes) is 42. The van der Waals surface area contributed by atoms with Crippen LogP contribution in [-0.4, -0.2) is 34.2 Å². The lowest BCUT2D eigenvalue weighted by Crippen LogP contribution is -2.25. The lowest BCUT2D eigenvalue weighted by molar-refractivity contribution is -0.155. The monoisotopic (exact) mass is 963 g/mol. The molecule has 6 heteroatoms. The van der Waals surface area contributed by atoms with E-state index < -0.39 is 11.9 Å². The molecular formula is C62H122O6. The number of carbonyl (C=O) groups is 3. The molecule has 0 rings (SSSR count). The first kappa shape index (κ1) is 68.5. The first-order valence-corrected chi connectivity index (χ1v) is 31.0. The van der Waals surface area contributed by atoms with Gasteiger partial charge in [-0.2, -0.15) is 0 Å². The zero-order valence-corrected chi connectivity index (χ0v) is 46.7. The van der Waals surface area contributed by atoms with Gasteiger partial charge in [0.15, 0.2) is 0 Å². The normalized spacial score (nSPS) is 12.2. The molecule has 2 unspecified atom stereocenters. The Morgan fingerprint density at radius 1 is 0.279 bits per heavy atom. The fraction of sp³-hybridized carbons (Fsp3) is 0.952. The highest BCUT2D eigenvalue weighted by atomic mass is 16.5. The molecule has 0 aromatic carbocycles. The summed E-state index contributed by atoms with van der Waals surface area (Å²) >= 11 is 0. The SMILES string of the molecule is CCCCCCCCCCCCCCCCCCC(CCCCCCCCCCCCCCCC)C(=O)OC(CCCCCCCC)CCCCCCCCCCC.O=C(O)CCCCC(=O)O. The topological polar surface area (TPSA) is 101 Å². The number of esters is 1. The predicted molar refractivity (Wildman–Crippen MR) is 296 cm³/mol. The summed E-state index contributed by atoms with van der Waals surface area (Å²) < 4.78 is 6.52. The summed E-state index contributed by atoms with van der Waals surface area (Å²) in [6.45, 7) is 9.22. The molecule has 0 aliphatic heterocycles. The van der Waals surface area contributed by atoms with Crippen molar-refractivity contribution in [3.8, 4) is 0 Å². The molecule has 0 radical (unpaired) electrons. The number of hydrogen-bond donors (Lipinski definition) is 2. The Hall–Kier alpha value is -1.59. The summed E-state index contributed by atoms with van der Waals surface area (Å²) in [6.07, 6.45) is 67.4. The van der Waals surface area contributed by atoms with E-state index in [1.54, 1.807) is 0 Å². The van der Waals surface area contributed by atoms with Gasteiger partial charge in [0.25, 0.3) is 0 Å². The van der Waals surface area contributed by atoms with Crippen LogP contribution in [0.3, 0.4) is 0 Å². The Balaban J connectivity index is 0. The molecule has 0 aliphatic rings. The summed E-state index contributed by atoms with van der Waals surface area (Å²) in [5, 5.41) is 16.3. The molecule has 0 amide bonds. The molecule has 0 aromatic heterocycles. The Labute approximate surface area is 425 Å². The van der Waals surface area contributed by atoms with Crippen molar-refractivity contribution < 1.29 is 29.3 Å². The highest BCUT2D eigenvalue weighted by molar-refractivity contribution is 5.72. The maximum Gasteiger partial charge on any atom is 0.309 e. The van der Waals surface area contributed by atoms with Gasteiger partial charge in [0, 0.05) is 12.8 Å². The van der Waals surface area contributed by atoms with Crippen LogP contribution in [0, 0.1) is 5.92 Å². The summed E-state index contributed by atoms with van der Waals surface area (Å²) in [5.74, 6) is -1.45. The number of carbonyl (C=O) groups excluding carboxylic acids is 1. The molecule has 6 nitrogen and oxygen atoms in total. The number of ether oxygens (including phenoxy) is 1. The zero-order chi connectivity index (χ0) is 50.1. The van der Waals surface area contributed by atoms with Crippen molar-refractivity contribution in [2.24, 2.45) is 5.92 Å². The highest BCUT2D eigenvalue weighted by Crippen LogP contribution is 2.25. The molecule has 0 saturated carbocycles. The van der Waals surface area contributed by atoms with Crippen LogP contribution in [0.5, 0.6) is 0 Å². The van der Waals surface area contributed by atoms with Crippen LogP contribution in [0.15, 0.2) is 0 Å². The first-order valence-electron chi connectivity index (χ1n) is 31.0. The molecule has 0 spiro atoms. The van der Waals surface area contributed by atoms with Gasteiger partial charge in [-0.15, -0.1) is 0 Å². The van der Waals surface area contributed by atoms with Gasteiger partial charge in [-0.25, -0.2) is 0 Å². The van der Waals surface area contributed by atoms with Crippen LogP contribution < -0.4 is 0 Å². The number of rotatable bonds is 56. The maximum absolute atomic E-state index is 13.9. The summed E-state index contributed by atoms with van der Waals surface area (Å²) in [6, 6.07) is 0. The third-order valence-electron chi connectivity index (χ3n) is 14.5. The van der Waals surface area contributed by atoms with Crippen LogP contribution in [0.2, 0.25) is 0 Å². The molecule has 0 bridgehead atoms. The van der Waals surface area contributed by atoms with Crippen LogP contribution >= 0.6 is 0 Å². The van der Waals surface area contributed by atoms with Gasteiger partial charge in [0.05, 0.1) is 5.92 Å². The fourth-order valence-corrected chi connectivity index (χ4v) is 9.81. The predicted octanol–water partition coefficient (Wildman–Crippen LogP) is 21.4. The van der Waals surface area contributed by atoms with Crippen LogP contribution in [0.4, 0.5) is 0 Å². The van der Waals surface area contributed by atoms with Crippen molar-refractivity contribution >= 4 is 17.9 Å². The number of aliphatic carboxylic acids is 2. The zero-order valence-electron chi connectivity index (χ0n) is 46.7. The maximum atomic E-state index is 13.9. The molecule has 68 heavy (non-hydrogen) atoms. The Kier molecular flexibility index (Phi) is 60.1. The smallest absolute Gasteiger partial charge is 0.309 e. The lowest BCUT2D eigenvalue weighted by Gasteiger charge is -2.22. The Morgan fingerprint density at radius 2 is 0.471 bits per heavy atom. The third-order valence-corrected chi connectivity index (χ3v) is 14.5. The second-order valence-electron chi connectivity index (χ2n) is 21.4. The summed E-state index contributed by atoms with van der Waals surface area (Å²) in [7, 11) is 0. The molecule has 406 valence electrons. The summed E-state index contributed by atoms with van der Waals surface area (Å²) in [5.41, 5.74) is 0. The standard InChI is InChI=1S/C56H112O2.C6H10O4/c1-5-9-13-17-21-24-26-28-30-31-33-35-38-40-43-47-51-54(50-46-42-39-37-34-32-29-27-25-22-18-14-10-6-2)56(57)58-55(52-48-44-20-16-12-8-4)53-49-45-41-36-23-19-15-11-7-3;7-5(8)3-1-2-4-6(9)10/h54-55H,5-53H2,1-4H3;1-4H2,(H,7,8)(H,9,10). The lowest BCUT2D eigenvalue weighted by atomic mass is 9.93. The number of carboxylic acid groups (broad SMARTS) is 2. The second-order valence-corrected chi connectivity index (χ2v) is 21.4. The van der Waals surface area contributed by atoms with E-state index in [0.29, 0.717) is 12.8 Å². The van der Waals surface area contributed by atoms with Gasteiger partial charge in [-0.3, -0.25) is 14.4 Å². The van der Waals surface area contributed by atoms with E-state index in [0.717, 1.165) is 25.7 Å². The van der Waals surface area contributed by atoms with Crippen molar-refractivity contribution in [2.45, 2.75) is 374 Å². The van der Waals surface area contributed by atoms with Gasteiger partial charge in [0.1, 0.15) is 6.10 Å². The van der Waals surface area contributed by atoms with E-state index in [1.165, 1.54) is 289 Å². The summed E-state index contributed by atoms with van der Waals surface area (Å²) in [4.78, 5) is 33.7. The molecule has 0 fully saturated rings. The number of carboxylic acids is 2. The van der Waals surface area contributed by atoms with Gasteiger partial charge in [-0.1, -0.05) is 304 Å². The van der Waals surface area contributed by atoms with Crippen LogP contribution in [-0.2, 0) is 19.1 Å². The second kappa shape index (κ2) is 59.7. The highest BCUT2D eigenvalue weighted by Gasteiger charge is 2.23. The molecular weight excluding hydrogens is 841 g/mol. The van der Waals surface area contributed by atoms with Gasteiger partial charge in [-0.05, 0) is 51.4 Å². The Morgan fingerprint density at radius 3 is 0.676 bits per heavy atom. The van der Waals surface area contributed by atoms with E-state index in [1.807, 2.05) is 0 Å². The fourth-order valence-electron chi connectivity index (χ4n) is 9.81. The molecule has 0 saturated heterocycles. The largest absolute Gasteiger partial charge is 0.481 e. The van der Waals surface area contributed by atoms with Gasteiger partial charge >= 0.3 is 17.9 Å². The third kappa shape index (κ3) is 58.7. The van der Waals surface area contributed by atoms with Gasteiger partial charge in [0.2, 0.25) is 0 Å². The quantitative estimate of drug-likeness (QED) is 0.0465. The molecule has 0 aliphatic carbocycles. The van der Waals surface area contributed by atoms with E-state index in [4.69, 9.17) is 14.9 Å². The first-order chi connectivity index (χ1) is 33.3. The average Bonchev–Trinajstić information content (AvgIpc) is 3.32. The van der Waals surface area contributed by atoms with Crippen molar-refractivity contribution in [2.75, 3.05) is 0 Å². The average molecular weight is 964 g/mol. The van der Waals surface area contributed by atoms with Gasteiger partial charge < -0.3 is 14.9 Å². The molecule has 0 heterocycles. The molecule has 0 aromatic rings. The van der Waals surface area contributed by atoms with Crippen molar-refractivity contribution in [1.82, 2.24) is 0 Å². The van der Waals surface area contributed by atoms with Crippen molar-refractivity contribution in [3.63, 3.8) is 0 Å². The molecule has 2 N–H and O–H groups in total. The minimum Gasteiger partial charge on any atom is -0.481 e. The van der Waals surface area contributed by atoms with Crippen LogP contribution in [0.25, 0.3) is 0 Å².